The number of ether oxygens (including phenoxy) is 4. The molecule has 2 aliphatic heterocycles. The molecule has 10 rings (SSSR count). The molecular formula is C71H95N9O28. The Kier molecular flexibility index (Phi) is 23.1. The van der Waals surface area contributed by atoms with Crippen LogP contribution in [0, 0.1) is 23.7 Å². The third-order valence-electron chi connectivity index (χ3n) is 20.6. The number of aliphatic hydroxyl groups excluding tert-OH is 9. The average molecular weight is 1520 g/mol. The van der Waals surface area contributed by atoms with Crippen molar-refractivity contribution in [2.75, 3.05) is 89.9 Å². The highest BCUT2D eigenvalue weighted by Gasteiger charge is 2.67. The number of Topliss-reactive ketones (excluding diaryl/α,β-unsaturated/α-hetero) is 5. The molecule has 0 spiro atoms. The van der Waals surface area contributed by atoms with Gasteiger partial charge in [-0.2, -0.15) is 0 Å². The lowest BCUT2D eigenvalue weighted by atomic mass is 9.57. The van der Waals surface area contributed by atoms with Crippen molar-refractivity contribution in [1.29, 1.82) is 0 Å². The number of likely N-dealkylation sites (N-methyl/N-ethyl adjacent to an activating group) is 2. The quantitative estimate of drug-likeness (QED) is 0.0519. The van der Waals surface area contributed by atoms with E-state index in [1.165, 1.54) is 50.1 Å². The van der Waals surface area contributed by atoms with E-state index in [1.54, 1.807) is 38.0 Å². The molecule has 0 unspecified atom stereocenters. The summed E-state index contributed by atoms with van der Waals surface area (Å²) in [6.07, 6.45) is -21.7. The van der Waals surface area contributed by atoms with Gasteiger partial charge in [0.25, 0.3) is 5.91 Å². The molecule has 37 heteroatoms. The maximum Gasteiger partial charge on any atom is 0.335 e. The number of amides is 3. The fraction of sp³-hybridized carbons (Fsp3) is 0.577. The molecular weight excluding hydrogens is 1430 g/mol. The Morgan fingerprint density at radius 2 is 0.981 bits per heavy atom. The van der Waals surface area contributed by atoms with Crippen LogP contribution in [0.3, 0.4) is 0 Å². The zero-order valence-corrected chi connectivity index (χ0v) is 62.0. The number of ketones is 5. The Balaban J connectivity index is 0.000000249. The predicted molar refractivity (Wildman–Crippen MR) is 377 cm³/mol. The van der Waals surface area contributed by atoms with E-state index in [0.717, 1.165) is 6.92 Å². The Hall–Kier alpha value is -9.06. The summed E-state index contributed by atoms with van der Waals surface area (Å²) >= 11 is 0. The number of aliphatic hydroxyl groups is 11. The van der Waals surface area contributed by atoms with Crippen LogP contribution < -0.4 is 41.5 Å². The lowest BCUT2D eigenvalue weighted by Crippen LogP contribution is -2.65. The van der Waals surface area contributed by atoms with Crippen molar-refractivity contribution in [2.45, 2.75) is 170 Å². The van der Waals surface area contributed by atoms with Gasteiger partial charge in [0.15, 0.2) is 58.0 Å². The van der Waals surface area contributed by atoms with E-state index in [-0.39, 0.29) is 66.8 Å². The van der Waals surface area contributed by atoms with Gasteiger partial charge in [0.2, 0.25) is 30.2 Å². The second-order valence-electron chi connectivity index (χ2n) is 31.2. The Morgan fingerprint density at radius 1 is 0.574 bits per heavy atom. The maximum absolute atomic E-state index is 14.9. The van der Waals surface area contributed by atoms with Gasteiger partial charge in [0.05, 0.1) is 47.7 Å². The van der Waals surface area contributed by atoms with Crippen LogP contribution in [0.5, 0.6) is 11.5 Å². The Bertz CT molecular complexity index is 4230. The molecule has 2 heterocycles. The molecule has 3 fully saturated rings. The molecule has 2 aromatic rings. The zero-order valence-electron chi connectivity index (χ0n) is 62.0. The van der Waals surface area contributed by atoms with Gasteiger partial charge in [-0.25, -0.2) is 9.59 Å². The fourth-order valence-corrected chi connectivity index (χ4v) is 15.5. The summed E-state index contributed by atoms with van der Waals surface area (Å²) in [4.78, 5) is 138. The van der Waals surface area contributed by atoms with Crippen molar-refractivity contribution >= 4 is 87.1 Å². The first-order valence-corrected chi connectivity index (χ1v) is 34.4. The molecule has 20 N–H and O–H groups in total. The van der Waals surface area contributed by atoms with Crippen LogP contribution in [0.15, 0.2) is 51.7 Å². The van der Waals surface area contributed by atoms with E-state index >= 15 is 0 Å². The number of carbonyl (C=O) groups excluding carboxylic acids is 8. The molecule has 3 amide bonds. The number of primary amides is 1. The van der Waals surface area contributed by atoms with Crippen LogP contribution in [-0.2, 0) is 70.2 Å². The largest absolute Gasteiger partial charge is 0.508 e. The van der Waals surface area contributed by atoms with Crippen molar-refractivity contribution in [3.05, 3.63) is 74.0 Å². The highest BCUT2D eigenvalue weighted by atomic mass is 16.7. The number of aliphatic carboxylic acids is 2. The molecule has 0 aromatic heterocycles. The van der Waals surface area contributed by atoms with Crippen LogP contribution in [0.2, 0.25) is 0 Å². The summed E-state index contributed by atoms with van der Waals surface area (Å²) in [6.45, 7) is 11.6. The predicted octanol–water partition coefficient (Wildman–Crippen LogP) is -3.11. The number of carbonyl (C=O) groups is 10. The SMILES string of the molecule is CC(=O)C1=C(O)[C@@]2(O)C(O[C@@H]3O[C@H](C(=O)O)[C@@H](O)[C@H](O)[C@H]3O)=C3C(=O)c4c(O)c(NC(=O)CNC(C)(C)C)cc(N(C)C)c4C[C@H]3C[C@H]2[C@H](N(C)C)C1=O.CN(C)c1cc(NC(=O)CNC(C)(C)C)c(O[C@@H]2O[C@H](C(=O)O)[C@@H](O)[C@H](O)[C@H]2O)c2c1C[C@H]1C[C@H]3[C@H](N(C)C)C(=O)C(C(N)=O)=C(O)[C@@]3(O)C(=O)C1=C2O. The zero-order chi connectivity index (χ0) is 81.0. The summed E-state index contributed by atoms with van der Waals surface area (Å²) in [5, 5.41) is 166. The number of nitrogens with one attached hydrogen (secondary N) is 4. The van der Waals surface area contributed by atoms with E-state index < -0.39 is 229 Å². The molecule has 18 atom stereocenters. The van der Waals surface area contributed by atoms with Gasteiger partial charge in [-0.3, -0.25) is 48.2 Å². The van der Waals surface area contributed by atoms with E-state index in [2.05, 4.69) is 21.3 Å². The first-order chi connectivity index (χ1) is 49.9. The molecule has 0 bridgehead atoms. The first kappa shape index (κ1) is 83.0. The summed E-state index contributed by atoms with van der Waals surface area (Å²) < 4.78 is 22.8. The number of rotatable bonds is 18. The second kappa shape index (κ2) is 30.1. The standard InChI is InChI=1S/C36H48N4O14.C35H47N5O14/c1-13(41)20-26(45)23(40(7)8)16-10-14-9-15-18(39(5)6)11-17(38-19(42)12-37-35(2,3)4)24(43)22(15)25(44)21(14)32(36(16,52)31(20)49)54-34-29(48)27(46)28(47)30(53-34)33(50)51;1-34(2,3)37-11-17(41)38-15-10-16(39(4)5)13-8-12-9-14-21(40(6)7)23(43)20(31(36)49)30(48)35(14,52)29(47)18(12)22(42)19(13)27(15)53-33-26(46)24(44)25(45)28(54-33)32(50)51/h11,14,16,23,27-30,34,37,43,46-49,52H,9-10,12H2,1-8H3,(H,38,42)(H,50,51);10,12,14,21,24-26,28,33,37,42,44-46,48,52H,8-9,11H2,1-7H3,(H2,36,49)(H,38,41)(H,50,51)/t14-,16-,23-,27-,28-,29+,30-,34-,36+;12-,14-,21-,24-,25-,26+,28-,33+,35-/m00/s1. The highest BCUT2D eigenvalue weighted by Crippen LogP contribution is 2.58. The van der Waals surface area contributed by atoms with E-state index in [0.29, 0.717) is 22.5 Å². The van der Waals surface area contributed by atoms with Crippen molar-refractivity contribution in [2.24, 2.45) is 29.4 Å². The topological polar surface area (TPSA) is 578 Å². The number of aromatic hydroxyl groups is 1. The lowest BCUT2D eigenvalue weighted by Gasteiger charge is -2.52. The summed E-state index contributed by atoms with van der Waals surface area (Å²) in [7, 11) is 12.6. The van der Waals surface area contributed by atoms with Gasteiger partial charge in [-0.15, -0.1) is 0 Å². The van der Waals surface area contributed by atoms with Gasteiger partial charge in [-0.1, -0.05) is 0 Å². The van der Waals surface area contributed by atoms with Crippen LogP contribution in [-0.4, -0.2) is 305 Å². The minimum atomic E-state index is -2.90. The maximum atomic E-state index is 14.9. The number of nitrogens with zero attached hydrogens (tertiary/aromatic N) is 4. The summed E-state index contributed by atoms with van der Waals surface area (Å²) in [6, 6.07) is 0.382. The van der Waals surface area contributed by atoms with Gasteiger partial charge in [0.1, 0.15) is 70.8 Å². The van der Waals surface area contributed by atoms with Gasteiger partial charge in [0, 0.05) is 73.6 Å². The Morgan fingerprint density at radius 3 is 1.41 bits per heavy atom. The third-order valence-corrected chi connectivity index (χ3v) is 20.6. The van der Waals surface area contributed by atoms with Crippen molar-refractivity contribution in [1.82, 2.24) is 20.4 Å². The average Bonchev–Trinajstić information content (AvgIpc) is 0.700. The number of fused-ring (bicyclic) bond motifs is 6. The van der Waals surface area contributed by atoms with Crippen molar-refractivity contribution in [3.8, 4) is 11.5 Å². The lowest BCUT2D eigenvalue weighted by molar-refractivity contribution is -0.291. The first-order valence-electron chi connectivity index (χ1n) is 34.4. The molecule has 2 saturated heterocycles. The van der Waals surface area contributed by atoms with E-state index in [1.807, 2.05) is 41.5 Å². The van der Waals surface area contributed by atoms with E-state index in [9.17, 15) is 119 Å². The van der Waals surface area contributed by atoms with Gasteiger partial charge < -0.3 is 127 Å². The van der Waals surface area contributed by atoms with Crippen LogP contribution in [0.4, 0.5) is 22.7 Å². The fourth-order valence-electron chi connectivity index (χ4n) is 15.5. The number of nitrogens with two attached hydrogens (primary N) is 1. The molecule has 37 nitrogen and oxygen atoms in total. The number of hydrogen-bond donors (Lipinski definition) is 19. The summed E-state index contributed by atoms with van der Waals surface area (Å²) in [5.41, 5.74) is -3.28. The molecule has 6 aliphatic carbocycles. The second-order valence-corrected chi connectivity index (χ2v) is 31.2. The molecule has 592 valence electrons. The van der Waals surface area contributed by atoms with Gasteiger partial charge >= 0.3 is 11.9 Å². The number of benzene rings is 2. The van der Waals surface area contributed by atoms with Crippen LogP contribution in [0.1, 0.15) is 88.4 Å². The third kappa shape index (κ3) is 14.6. The number of hydrogen-bond acceptors (Lipinski definition) is 32. The van der Waals surface area contributed by atoms with Crippen molar-refractivity contribution in [3.63, 3.8) is 0 Å². The van der Waals surface area contributed by atoms with Gasteiger partial charge in [-0.05, 0) is 137 Å². The molecule has 8 aliphatic rings. The number of phenolic OH excluding ortho intramolecular Hbond substituents is 1. The van der Waals surface area contributed by atoms with E-state index in [4.69, 9.17) is 24.7 Å². The highest BCUT2D eigenvalue weighted by molar-refractivity contribution is 6.25. The number of anilines is 4. The molecule has 0 radical (unpaired) electrons. The molecule has 1 saturated carbocycles. The molecule has 2 aromatic carbocycles. The number of phenols is 1. The normalized spacial score (nSPS) is 31.1. The number of allylic oxidation sites excluding steroid dienone is 1. The molecule has 108 heavy (non-hydrogen) atoms. The smallest absolute Gasteiger partial charge is 0.335 e. The number of carboxylic acids is 2. The monoisotopic (exact) mass is 1520 g/mol. The number of carboxylic acid groups (broad SMARTS) is 2. The minimum absolute atomic E-state index is 0.0394. The van der Waals surface area contributed by atoms with Crippen LogP contribution >= 0.6 is 0 Å². The minimum Gasteiger partial charge on any atom is -0.508 e. The Labute approximate surface area is 618 Å². The van der Waals surface area contributed by atoms with Crippen LogP contribution in [0.25, 0.3) is 5.76 Å². The van der Waals surface area contributed by atoms with Crippen molar-refractivity contribution < 1.29 is 138 Å². The summed E-state index contributed by atoms with van der Waals surface area (Å²) in [5.74, 6) is -20.5.